The molecular weight excluding hydrogens is 173 g/mol. The minimum absolute atomic E-state index is 0.213. The van der Waals surface area contributed by atoms with Gasteiger partial charge in [0, 0.05) is 11.1 Å². The molecule has 1 aromatic rings. The van der Waals surface area contributed by atoms with E-state index in [1.54, 1.807) is 13.0 Å². The zero-order valence-electron chi connectivity index (χ0n) is 7.63. The van der Waals surface area contributed by atoms with E-state index in [9.17, 15) is 4.39 Å². The molecule has 0 saturated carbocycles. The van der Waals surface area contributed by atoms with Gasteiger partial charge in [-0.1, -0.05) is 0 Å². The van der Waals surface area contributed by atoms with E-state index < -0.39 is 0 Å². The van der Waals surface area contributed by atoms with Crippen LogP contribution in [0.1, 0.15) is 11.1 Å². The Hall–Kier alpha value is -1.13. The molecule has 1 aromatic carbocycles. The summed E-state index contributed by atoms with van der Waals surface area (Å²) in [5.74, 6) is 5.12. The van der Waals surface area contributed by atoms with Gasteiger partial charge < -0.3 is 4.74 Å². The second-order valence-electron chi connectivity index (χ2n) is 2.68. The number of rotatable bonds is 3. The summed E-state index contributed by atoms with van der Waals surface area (Å²) in [4.78, 5) is 4.46. The number of methoxy groups -OCH3 is 1. The van der Waals surface area contributed by atoms with Crippen molar-refractivity contribution in [2.24, 2.45) is 5.90 Å². The predicted molar refractivity (Wildman–Crippen MR) is 46.7 cm³/mol. The average molecular weight is 185 g/mol. The van der Waals surface area contributed by atoms with Gasteiger partial charge >= 0.3 is 0 Å². The Morgan fingerprint density at radius 1 is 1.46 bits per heavy atom. The van der Waals surface area contributed by atoms with Crippen molar-refractivity contribution in [1.29, 1.82) is 0 Å². The molecule has 0 heterocycles. The van der Waals surface area contributed by atoms with Gasteiger partial charge in [-0.25, -0.2) is 10.3 Å². The van der Waals surface area contributed by atoms with Crippen LogP contribution in [0.2, 0.25) is 0 Å². The molecule has 0 unspecified atom stereocenters. The van der Waals surface area contributed by atoms with Crippen molar-refractivity contribution in [2.75, 3.05) is 7.11 Å². The molecular formula is C9H12FNO2. The molecule has 0 atom stereocenters. The first-order chi connectivity index (χ1) is 6.20. The van der Waals surface area contributed by atoms with E-state index in [0.717, 1.165) is 5.56 Å². The Labute approximate surface area is 76.2 Å². The maximum absolute atomic E-state index is 13.0. The summed E-state index contributed by atoms with van der Waals surface area (Å²) in [6.07, 6.45) is 0. The van der Waals surface area contributed by atoms with Crippen LogP contribution < -0.4 is 10.6 Å². The molecule has 0 spiro atoms. The zero-order valence-corrected chi connectivity index (χ0v) is 7.63. The van der Waals surface area contributed by atoms with Gasteiger partial charge in [0.1, 0.15) is 11.6 Å². The third-order valence-corrected chi connectivity index (χ3v) is 1.86. The Morgan fingerprint density at radius 3 is 2.69 bits per heavy atom. The van der Waals surface area contributed by atoms with Crippen molar-refractivity contribution in [2.45, 2.75) is 13.5 Å². The minimum Gasteiger partial charge on any atom is -0.496 e. The fourth-order valence-corrected chi connectivity index (χ4v) is 1.21. The monoisotopic (exact) mass is 185 g/mol. The van der Waals surface area contributed by atoms with Gasteiger partial charge in [-0.15, -0.1) is 0 Å². The van der Waals surface area contributed by atoms with Crippen LogP contribution in [0, 0.1) is 12.7 Å². The predicted octanol–water partition coefficient (Wildman–Crippen LogP) is 1.53. The van der Waals surface area contributed by atoms with Crippen molar-refractivity contribution in [3.63, 3.8) is 0 Å². The lowest BCUT2D eigenvalue weighted by molar-refractivity contribution is 0.122. The summed E-state index contributed by atoms with van der Waals surface area (Å²) in [7, 11) is 1.49. The summed E-state index contributed by atoms with van der Waals surface area (Å²) in [6, 6.07) is 2.96. The third kappa shape index (κ3) is 1.96. The molecule has 13 heavy (non-hydrogen) atoms. The van der Waals surface area contributed by atoms with Crippen LogP contribution in [0.4, 0.5) is 4.39 Å². The Kier molecular flexibility index (Phi) is 3.22. The van der Waals surface area contributed by atoms with Crippen molar-refractivity contribution >= 4 is 0 Å². The van der Waals surface area contributed by atoms with Crippen LogP contribution in [0.3, 0.4) is 0 Å². The van der Waals surface area contributed by atoms with E-state index >= 15 is 0 Å². The summed E-state index contributed by atoms with van der Waals surface area (Å²) >= 11 is 0. The van der Waals surface area contributed by atoms with Gasteiger partial charge in [0.15, 0.2) is 0 Å². The van der Waals surface area contributed by atoms with Gasteiger partial charge in [-0.2, -0.15) is 0 Å². The lowest BCUT2D eigenvalue weighted by Gasteiger charge is -2.10. The largest absolute Gasteiger partial charge is 0.496 e. The molecule has 0 aliphatic heterocycles. The van der Waals surface area contributed by atoms with Gasteiger partial charge in [0.25, 0.3) is 0 Å². The van der Waals surface area contributed by atoms with E-state index in [0.29, 0.717) is 11.3 Å². The van der Waals surface area contributed by atoms with Crippen molar-refractivity contribution in [3.05, 3.63) is 29.1 Å². The number of hydrogen-bond acceptors (Lipinski definition) is 3. The Bertz CT molecular complexity index is 302. The fraction of sp³-hybridized carbons (Fsp3) is 0.333. The number of halogens is 1. The molecule has 2 N–H and O–H groups in total. The van der Waals surface area contributed by atoms with Crippen LogP contribution in [-0.2, 0) is 11.4 Å². The molecule has 3 nitrogen and oxygen atoms in total. The molecule has 0 fully saturated rings. The van der Waals surface area contributed by atoms with E-state index in [-0.39, 0.29) is 12.4 Å². The topological polar surface area (TPSA) is 44.5 Å². The number of benzene rings is 1. The highest BCUT2D eigenvalue weighted by Crippen LogP contribution is 2.25. The minimum atomic E-state index is -0.294. The average Bonchev–Trinajstić information content (AvgIpc) is 2.12. The molecule has 1 rings (SSSR count). The fourth-order valence-electron chi connectivity index (χ4n) is 1.21. The molecule has 0 radical (unpaired) electrons. The standard InChI is InChI=1S/C9H12FNO2/c1-6-8(10)4-3-7(5-13-11)9(6)12-2/h3-4H,5,11H2,1-2H3. The molecule has 0 amide bonds. The molecule has 0 aromatic heterocycles. The Morgan fingerprint density at radius 2 is 2.15 bits per heavy atom. The van der Waals surface area contributed by atoms with Crippen LogP contribution in [0.25, 0.3) is 0 Å². The molecule has 0 aliphatic rings. The van der Waals surface area contributed by atoms with Crippen molar-refractivity contribution in [1.82, 2.24) is 0 Å². The summed E-state index contributed by atoms with van der Waals surface area (Å²) < 4.78 is 18.1. The molecule has 4 heteroatoms. The maximum atomic E-state index is 13.0. The highest BCUT2D eigenvalue weighted by atomic mass is 19.1. The van der Waals surface area contributed by atoms with Gasteiger partial charge in [-0.3, -0.25) is 4.84 Å². The third-order valence-electron chi connectivity index (χ3n) is 1.86. The molecule has 0 saturated heterocycles. The van der Waals surface area contributed by atoms with Crippen LogP contribution in [0.5, 0.6) is 5.75 Å². The second-order valence-corrected chi connectivity index (χ2v) is 2.68. The van der Waals surface area contributed by atoms with E-state index in [2.05, 4.69) is 4.84 Å². The summed E-state index contributed by atoms with van der Waals surface area (Å²) in [5.41, 5.74) is 1.21. The normalized spacial score (nSPS) is 10.2. The lowest BCUT2D eigenvalue weighted by Crippen LogP contribution is -2.03. The second kappa shape index (κ2) is 4.20. The van der Waals surface area contributed by atoms with E-state index in [4.69, 9.17) is 10.6 Å². The number of ether oxygens (including phenoxy) is 1. The molecule has 0 bridgehead atoms. The Balaban J connectivity index is 3.13. The van der Waals surface area contributed by atoms with Gasteiger partial charge in [0.05, 0.1) is 13.7 Å². The smallest absolute Gasteiger partial charge is 0.130 e. The highest BCUT2D eigenvalue weighted by molar-refractivity contribution is 5.41. The first-order valence-electron chi connectivity index (χ1n) is 3.84. The number of hydrogen-bond donors (Lipinski definition) is 1. The van der Waals surface area contributed by atoms with E-state index in [1.165, 1.54) is 13.2 Å². The maximum Gasteiger partial charge on any atom is 0.130 e. The SMILES string of the molecule is COc1c(CON)ccc(F)c1C. The molecule has 0 aliphatic carbocycles. The first kappa shape index (κ1) is 9.95. The zero-order chi connectivity index (χ0) is 9.84. The van der Waals surface area contributed by atoms with Gasteiger partial charge in [-0.05, 0) is 19.1 Å². The lowest BCUT2D eigenvalue weighted by atomic mass is 10.1. The number of nitrogens with two attached hydrogens (primary N) is 1. The van der Waals surface area contributed by atoms with E-state index in [1.807, 2.05) is 0 Å². The van der Waals surface area contributed by atoms with Crippen LogP contribution in [0.15, 0.2) is 12.1 Å². The summed E-state index contributed by atoms with van der Waals surface area (Å²) in [6.45, 7) is 1.86. The molecule has 72 valence electrons. The first-order valence-corrected chi connectivity index (χ1v) is 3.84. The van der Waals surface area contributed by atoms with Crippen molar-refractivity contribution in [3.8, 4) is 5.75 Å². The van der Waals surface area contributed by atoms with Crippen molar-refractivity contribution < 1.29 is 14.0 Å². The van der Waals surface area contributed by atoms with Gasteiger partial charge in [0.2, 0.25) is 0 Å². The summed E-state index contributed by atoms with van der Waals surface area (Å²) in [5, 5.41) is 0. The van der Waals surface area contributed by atoms with Crippen LogP contribution >= 0.6 is 0 Å². The quantitative estimate of drug-likeness (QED) is 0.726. The highest BCUT2D eigenvalue weighted by Gasteiger charge is 2.09. The van der Waals surface area contributed by atoms with Crippen LogP contribution in [-0.4, -0.2) is 7.11 Å².